The number of ether oxygens (including phenoxy) is 2. The average molecular weight is 454 g/mol. The molecule has 0 saturated heterocycles. The molecule has 0 unspecified atom stereocenters. The number of benzene rings is 3. The molecule has 3 aromatic carbocycles. The van der Waals surface area contributed by atoms with Gasteiger partial charge in [-0.25, -0.2) is 9.97 Å². The lowest BCUT2D eigenvalue weighted by Crippen LogP contribution is -1.98. The minimum absolute atomic E-state index is 0.645. The Morgan fingerprint density at radius 1 is 0.848 bits per heavy atom. The minimum atomic E-state index is 0.645. The van der Waals surface area contributed by atoms with Crippen LogP contribution < -0.4 is 14.8 Å². The van der Waals surface area contributed by atoms with Crippen molar-refractivity contribution >= 4 is 33.1 Å². The number of aryl methyl sites for hydroxylation is 1. The lowest BCUT2D eigenvalue weighted by molar-refractivity contribution is 0.340. The van der Waals surface area contributed by atoms with E-state index < -0.39 is 0 Å². The molecule has 0 aliphatic heterocycles. The van der Waals surface area contributed by atoms with Gasteiger partial charge < -0.3 is 14.8 Å². The van der Waals surface area contributed by atoms with Crippen LogP contribution in [-0.4, -0.2) is 16.6 Å². The van der Waals surface area contributed by atoms with Crippen LogP contribution in [0.15, 0.2) is 85.2 Å². The minimum Gasteiger partial charge on any atom is -0.494 e. The Morgan fingerprint density at radius 3 is 2.39 bits per heavy atom. The number of rotatable bonds is 7. The molecule has 5 aromatic rings. The third-order valence-corrected chi connectivity index (χ3v) is 6.24. The topological polar surface area (TPSA) is 56.3 Å². The van der Waals surface area contributed by atoms with E-state index in [2.05, 4.69) is 34.3 Å². The molecule has 1 N–H and O–H groups in total. The van der Waals surface area contributed by atoms with Gasteiger partial charge in [0, 0.05) is 10.4 Å². The Morgan fingerprint density at radius 2 is 1.61 bits per heavy atom. The number of hydrogen-bond acceptors (Lipinski definition) is 6. The SMILES string of the molecule is CCOc1ccc(-c2c(C)sc3ncnc(Nc4ccccc4Oc4ccccc4)c23)cc1. The molecule has 0 atom stereocenters. The molecule has 2 aromatic heterocycles. The van der Waals surface area contributed by atoms with E-state index in [9.17, 15) is 0 Å². The molecule has 0 fully saturated rings. The quantitative estimate of drug-likeness (QED) is 0.275. The summed E-state index contributed by atoms with van der Waals surface area (Å²) in [4.78, 5) is 11.3. The Kier molecular flexibility index (Phi) is 5.91. The molecule has 164 valence electrons. The summed E-state index contributed by atoms with van der Waals surface area (Å²) < 4.78 is 11.7. The number of fused-ring (bicyclic) bond motifs is 1. The van der Waals surface area contributed by atoms with Gasteiger partial charge in [0.2, 0.25) is 0 Å². The van der Waals surface area contributed by atoms with E-state index in [1.807, 2.05) is 73.7 Å². The second kappa shape index (κ2) is 9.30. The predicted molar refractivity (Wildman–Crippen MR) is 135 cm³/mol. The van der Waals surface area contributed by atoms with Crippen molar-refractivity contribution in [2.24, 2.45) is 0 Å². The molecule has 0 radical (unpaired) electrons. The molecular formula is C27H23N3O2S. The summed E-state index contributed by atoms with van der Waals surface area (Å²) in [6, 6.07) is 25.8. The van der Waals surface area contributed by atoms with Gasteiger partial charge in [-0.3, -0.25) is 0 Å². The molecule has 0 aliphatic rings. The van der Waals surface area contributed by atoms with Crippen molar-refractivity contribution in [1.29, 1.82) is 0 Å². The van der Waals surface area contributed by atoms with Gasteiger partial charge in [0.1, 0.15) is 28.5 Å². The van der Waals surface area contributed by atoms with Crippen LogP contribution in [0.1, 0.15) is 11.8 Å². The number of anilines is 2. The maximum absolute atomic E-state index is 6.13. The summed E-state index contributed by atoms with van der Waals surface area (Å²) in [7, 11) is 0. The van der Waals surface area contributed by atoms with Gasteiger partial charge in [0.05, 0.1) is 17.7 Å². The maximum Gasteiger partial charge on any atom is 0.150 e. The van der Waals surface area contributed by atoms with Gasteiger partial charge in [0.15, 0.2) is 5.75 Å². The molecule has 33 heavy (non-hydrogen) atoms. The van der Waals surface area contributed by atoms with Crippen LogP contribution >= 0.6 is 11.3 Å². The lowest BCUT2D eigenvalue weighted by atomic mass is 10.0. The first-order chi connectivity index (χ1) is 16.2. The highest BCUT2D eigenvalue weighted by molar-refractivity contribution is 7.19. The summed E-state index contributed by atoms with van der Waals surface area (Å²) >= 11 is 1.67. The van der Waals surface area contributed by atoms with Gasteiger partial charge in [-0.05, 0) is 55.8 Å². The van der Waals surface area contributed by atoms with Crippen molar-refractivity contribution in [3.05, 3.63) is 90.1 Å². The normalized spacial score (nSPS) is 10.8. The highest BCUT2D eigenvalue weighted by Gasteiger charge is 2.18. The van der Waals surface area contributed by atoms with Crippen molar-refractivity contribution in [1.82, 2.24) is 9.97 Å². The van der Waals surface area contributed by atoms with E-state index in [0.29, 0.717) is 6.61 Å². The molecule has 0 spiro atoms. The van der Waals surface area contributed by atoms with Crippen LogP contribution in [0.3, 0.4) is 0 Å². The highest BCUT2D eigenvalue weighted by atomic mass is 32.1. The lowest BCUT2D eigenvalue weighted by Gasteiger charge is -2.14. The van der Waals surface area contributed by atoms with E-state index in [-0.39, 0.29) is 0 Å². The van der Waals surface area contributed by atoms with Crippen molar-refractivity contribution in [3.8, 4) is 28.4 Å². The maximum atomic E-state index is 6.13. The fourth-order valence-electron chi connectivity index (χ4n) is 3.77. The van der Waals surface area contributed by atoms with Gasteiger partial charge in [-0.15, -0.1) is 11.3 Å². The number of nitrogens with zero attached hydrogens (tertiary/aromatic N) is 2. The van der Waals surface area contributed by atoms with Crippen molar-refractivity contribution < 1.29 is 9.47 Å². The molecule has 0 bridgehead atoms. The molecule has 2 heterocycles. The van der Waals surface area contributed by atoms with E-state index in [4.69, 9.17) is 9.47 Å². The average Bonchev–Trinajstić information content (AvgIpc) is 3.18. The van der Waals surface area contributed by atoms with Gasteiger partial charge in [-0.2, -0.15) is 0 Å². The van der Waals surface area contributed by atoms with Crippen LogP contribution in [0, 0.1) is 6.92 Å². The van der Waals surface area contributed by atoms with Crippen molar-refractivity contribution in [3.63, 3.8) is 0 Å². The molecule has 0 aliphatic carbocycles. The number of thiophene rings is 1. The third kappa shape index (κ3) is 4.38. The smallest absolute Gasteiger partial charge is 0.150 e. The van der Waals surface area contributed by atoms with Crippen LogP contribution in [0.2, 0.25) is 0 Å². The summed E-state index contributed by atoms with van der Waals surface area (Å²) in [5.41, 5.74) is 3.07. The summed E-state index contributed by atoms with van der Waals surface area (Å²) in [6.45, 7) is 4.75. The van der Waals surface area contributed by atoms with Crippen molar-refractivity contribution in [2.45, 2.75) is 13.8 Å². The van der Waals surface area contributed by atoms with Gasteiger partial charge in [-0.1, -0.05) is 42.5 Å². The molecule has 0 amide bonds. The van der Waals surface area contributed by atoms with Crippen LogP contribution in [0.25, 0.3) is 21.3 Å². The molecular weight excluding hydrogens is 430 g/mol. The first-order valence-electron chi connectivity index (χ1n) is 10.8. The first-order valence-corrected chi connectivity index (χ1v) is 11.6. The fraction of sp³-hybridized carbons (Fsp3) is 0.111. The van der Waals surface area contributed by atoms with Crippen LogP contribution in [0.4, 0.5) is 11.5 Å². The summed E-state index contributed by atoms with van der Waals surface area (Å²) in [5, 5.41) is 4.50. The number of aromatic nitrogens is 2. The molecule has 6 heteroatoms. The zero-order chi connectivity index (χ0) is 22.6. The number of para-hydroxylation sites is 3. The zero-order valence-electron chi connectivity index (χ0n) is 18.4. The van der Waals surface area contributed by atoms with Gasteiger partial charge in [0.25, 0.3) is 0 Å². The summed E-state index contributed by atoms with van der Waals surface area (Å²) in [6.07, 6.45) is 1.60. The second-order valence-electron chi connectivity index (χ2n) is 7.43. The Balaban J connectivity index is 1.55. The standard InChI is InChI=1S/C27H23N3O2S/c1-3-31-20-15-13-19(14-16-20)24-18(2)33-27-25(24)26(28-17-29-27)30-22-11-7-8-12-23(22)32-21-9-5-4-6-10-21/h4-17H,3H2,1-2H3,(H,28,29,30). The van der Waals surface area contributed by atoms with E-state index in [1.165, 1.54) is 4.88 Å². The summed E-state index contributed by atoms with van der Waals surface area (Å²) in [5.74, 6) is 3.11. The molecule has 5 nitrogen and oxygen atoms in total. The largest absolute Gasteiger partial charge is 0.494 e. The first kappa shape index (κ1) is 21.0. The Bertz CT molecular complexity index is 1380. The number of hydrogen-bond donors (Lipinski definition) is 1. The second-order valence-corrected chi connectivity index (χ2v) is 8.63. The molecule has 0 saturated carbocycles. The highest BCUT2D eigenvalue weighted by Crippen LogP contribution is 2.42. The predicted octanol–water partition coefficient (Wildman–Crippen LogP) is 7.60. The fourth-order valence-corrected chi connectivity index (χ4v) is 4.79. The van der Waals surface area contributed by atoms with E-state index in [1.54, 1.807) is 17.7 Å². The Labute approximate surface area is 196 Å². The monoisotopic (exact) mass is 453 g/mol. The van der Waals surface area contributed by atoms with Gasteiger partial charge >= 0.3 is 0 Å². The Hall–Kier alpha value is -3.90. The van der Waals surface area contributed by atoms with E-state index >= 15 is 0 Å². The number of nitrogens with one attached hydrogen (secondary N) is 1. The molecule has 5 rings (SSSR count). The third-order valence-electron chi connectivity index (χ3n) is 5.23. The van der Waals surface area contributed by atoms with E-state index in [0.717, 1.165) is 50.1 Å². The van der Waals surface area contributed by atoms with Crippen LogP contribution in [-0.2, 0) is 0 Å². The van der Waals surface area contributed by atoms with Crippen molar-refractivity contribution in [2.75, 3.05) is 11.9 Å². The van der Waals surface area contributed by atoms with Crippen LogP contribution in [0.5, 0.6) is 17.2 Å². The zero-order valence-corrected chi connectivity index (χ0v) is 19.2.